The zero-order valence-corrected chi connectivity index (χ0v) is 15.6. The summed E-state index contributed by atoms with van der Waals surface area (Å²) in [5.74, 6) is 1.34. The van der Waals surface area contributed by atoms with Crippen molar-refractivity contribution in [2.24, 2.45) is 5.92 Å². The van der Waals surface area contributed by atoms with Gasteiger partial charge in [-0.15, -0.1) is 0 Å². The number of anilines is 1. The molecule has 0 amide bonds. The molecular formula is C17H20BrN3O2S. The lowest BCUT2D eigenvalue weighted by Crippen LogP contribution is -2.39. The number of hydrogen-bond donors (Lipinski definition) is 1. The highest BCUT2D eigenvalue weighted by atomic mass is 79.9. The normalized spacial score (nSPS) is 16.3. The summed E-state index contributed by atoms with van der Waals surface area (Å²) in [6.07, 6.45) is 3.71. The average molecular weight is 410 g/mol. The Morgan fingerprint density at radius 1 is 1.12 bits per heavy atom. The van der Waals surface area contributed by atoms with Crippen molar-refractivity contribution >= 4 is 31.8 Å². The zero-order chi connectivity index (χ0) is 17.0. The van der Waals surface area contributed by atoms with Crippen molar-refractivity contribution < 1.29 is 8.42 Å². The van der Waals surface area contributed by atoms with Crippen LogP contribution in [0.1, 0.15) is 12.8 Å². The van der Waals surface area contributed by atoms with Gasteiger partial charge in [-0.3, -0.25) is 0 Å². The van der Waals surface area contributed by atoms with Gasteiger partial charge in [0.25, 0.3) is 0 Å². The van der Waals surface area contributed by atoms with E-state index in [1.807, 2.05) is 18.2 Å². The van der Waals surface area contributed by atoms with E-state index in [-0.39, 0.29) is 4.90 Å². The summed E-state index contributed by atoms with van der Waals surface area (Å²) in [5, 5.41) is 0. The first-order chi connectivity index (χ1) is 11.6. The van der Waals surface area contributed by atoms with E-state index in [0.717, 1.165) is 31.7 Å². The predicted molar refractivity (Wildman–Crippen MR) is 98.5 cm³/mol. The Bertz CT molecular complexity index is 775. The molecule has 0 unspecified atom stereocenters. The van der Waals surface area contributed by atoms with Crippen LogP contribution in [0.3, 0.4) is 0 Å². The van der Waals surface area contributed by atoms with E-state index in [1.54, 1.807) is 30.5 Å². The zero-order valence-electron chi connectivity index (χ0n) is 13.2. The number of piperidine rings is 1. The molecule has 1 saturated heterocycles. The minimum atomic E-state index is -3.48. The molecule has 24 heavy (non-hydrogen) atoms. The molecule has 0 spiro atoms. The third-order valence-electron chi connectivity index (χ3n) is 4.28. The van der Waals surface area contributed by atoms with Crippen LogP contribution in [0.5, 0.6) is 0 Å². The first-order valence-electron chi connectivity index (χ1n) is 7.96. The van der Waals surface area contributed by atoms with Gasteiger partial charge in [0.2, 0.25) is 10.0 Å². The van der Waals surface area contributed by atoms with E-state index < -0.39 is 10.0 Å². The van der Waals surface area contributed by atoms with Crippen molar-refractivity contribution in [2.75, 3.05) is 24.5 Å². The number of nitrogens with one attached hydrogen (secondary N) is 1. The van der Waals surface area contributed by atoms with Crippen LogP contribution in [-0.4, -0.2) is 33.0 Å². The molecule has 7 heteroatoms. The maximum atomic E-state index is 12.4. The number of aromatic nitrogens is 1. The van der Waals surface area contributed by atoms with Crippen LogP contribution in [0.2, 0.25) is 0 Å². The lowest BCUT2D eigenvalue weighted by atomic mass is 9.97. The molecule has 0 aliphatic carbocycles. The number of halogens is 1. The van der Waals surface area contributed by atoms with Gasteiger partial charge in [-0.2, -0.15) is 0 Å². The van der Waals surface area contributed by atoms with E-state index in [1.165, 1.54) is 0 Å². The van der Waals surface area contributed by atoms with Crippen LogP contribution in [0.25, 0.3) is 0 Å². The third kappa shape index (κ3) is 4.15. The number of hydrogen-bond acceptors (Lipinski definition) is 4. The Kier molecular flexibility index (Phi) is 5.53. The standard InChI is InChI=1S/C17H20BrN3O2S/c18-15-5-1-2-6-16(15)24(22,23)20-13-14-8-11-21(12-9-14)17-7-3-4-10-19-17/h1-7,10,14,20H,8-9,11-13H2. The van der Waals surface area contributed by atoms with Crippen molar-refractivity contribution in [1.82, 2.24) is 9.71 Å². The summed E-state index contributed by atoms with van der Waals surface area (Å²) >= 11 is 3.30. The summed E-state index contributed by atoms with van der Waals surface area (Å²) < 4.78 is 28.2. The lowest BCUT2D eigenvalue weighted by molar-refractivity contribution is 0.400. The van der Waals surface area contributed by atoms with E-state index in [2.05, 4.69) is 30.5 Å². The quantitative estimate of drug-likeness (QED) is 0.823. The average Bonchev–Trinajstić information content (AvgIpc) is 2.61. The smallest absolute Gasteiger partial charge is 0.241 e. The van der Waals surface area contributed by atoms with Gasteiger partial charge in [0.05, 0.1) is 4.90 Å². The minimum Gasteiger partial charge on any atom is -0.357 e. The topological polar surface area (TPSA) is 62.3 Å². The monoisotopic (exact) mass is 409 g/mol. The molecular weight excluding hydrogens is 390 g/mol. The van der Waals surface area contributed by atoms with Gasteiger partial charge in [-0.25, -0.2) is 18.1 Å². The number of rotatable bonds is 5. The van der Waals surface area contributed by atoms with Gasteiger partial charge in [0.1, 0.15) is 5.82 Å². The third-order valence-corrected chi connectivity index (χ3v) is 6.71. The van der Waals surface area contributed by atoms with E-state index in [4.69, 9.17) is 0 Å². The van der Waals surface area contributed by atoms with Gasteiger partial charge < -0.3 is 4.90 Å². The van der Waals surface area contributed by atoms with Crippen molar-refractivity contribution in [3.8, 4) is 0 Å². The summed E-state index contributed by atoms with van der Waals surface area (Å²) in [6.45, 7) is 2.27. The van der Waals surface area contributed by atoms with Gasteiger partial charge in [-0.1, -0.05) is 18.2 Å². The Balaban J connectivity index is 1.54. The molecule has 1 aromatic carbocycles. The van der Waals surface area contributed by atoms with Gasteiger partial charge in [0, 0.05) is 30.3 Å². The molecule has 2 aromatic rings. The van der Waals surface area contributed by atoms with Gasteiger partial charge in [0.15, 0.2) is 0 Å². The summed E-state index contributed by atoms with van der Waals surface area (Å²) in [4.78, 5) is 6.91. The fourth-order valence-electron chi connectivity index (χ4n) is 2.87. The molecule has 1 aromatic heterocycles. The Morgan fingerprint density at radius 2 is 1.83 bits per heavy atom. The van der Waals surface area contributed by atoms with Crippen LogP contribution >= 0.6 is 15.9 Å². The SMILES string of the molecule is O=S(=O)(NCC1CCN(c2ccccn2)CC1)c1ccccc1Br. The van der Waals surface area contributed by atoms with Crippen LogP contribution in [-0.2, 0) is 10.0 Å². The molecule has 1 aliphatic rings. The fraction of sp³-hybridized carbons (Fsp3) is 0.353. The van der Waals surface area contributed by atoms with Crippen LogP contribution < -0.4 is 9.62 Å². The second-order valence-corrected chi connectivity index (χ2v) is 8.49. The van der Waals surface area contributed by atoms with E-state index in [0.29, 0.717) is 16.9 Å². The van der Waals surface area contributed by atoms with Gasteiger partial charge >= 0.3 is 0 Å². The number of nitrogens with zero attached hydrogens (tertiary/aromatic N) is 2. The molecule has 128 valence electrons. The highest BCUT2D eigenvalue weighted by Gasteiger charge is 2.23. The molecule has 1 aliphatic heterocycles. The van der Waals surface area contributed by atoms with Gasteiger partial charge in [-0.05, 0) is 59.0 Å². The highest BCUT2D eigenvalue weighted by Crippen LogP contribution is 2.23. The molecule has 0 bridgehead atoms. The number of sulfonamides is 1. The predicted octanol–water partition coefficient (Wildman–Crippen LogP) is 3.04. The van der Waals surface area contributed by atoms with Crippen LogP contribution in [0.15, 0.2) is 58.0 Å². The molecule has 3 rings (SSSR count). The van der Waals surface area contributed by atoms with Crippen molar-refractivity contribution in [1.29, 1.82) is 0 Å². The fourth-order valence-corrected chi connectivity index (χ4v) is 4.99. The maximum absolute atomic E-state index is 12.4. The van der Waals surface area contributed by atoms with E-state index in [9.17, 15) is 8.42 Å². The van der Waals surface area contributed by atoms with E-state index >= 15 is 0 Å². The number of pyridine rings is 1. The summed E-state index contributed by atoms with van der Waals surface area (Å²) in [6, 6.07) is 12.8. The lowest BCUT2D eigenvalue weighted by Gasteiger charge is -2.32. The van der Waals surface area contributed by atoms with Crippen molar-refractivity contribution in [3.05, 3.63) is 53.1 Å². The Labute approximate surface area is 151 Å². The van der Waals surface area contributed by atoms with Crippen molar-refractivity contribution in [3.63, 3.8) is 0 Å². The Morgan fingerprint density at radius 3 is 2.50 bits per heavy atom. The molecule has 0 atom stereocenters. The van der Waals surface area contributed by atoms with Crippen LogP contribution in [0.4, 0.5) is 5.82 Å². The highest BCUT2D eigenvalue weighted by molar-refractivity contribution is 9.10. The first kappa shape index (κ1) is 17.4. The summed E-state index contributed by atoms with van der Waals surface area (Å²) in [7, 11) is -3.48. The minimum absolute atomic E-state index is 0.288. The number of benzene rings is 1. The molecule has 1 fully saturated rings. The van der Waals surface area contributed by atoms with Crippen molar-refractivity contribution in [2.45, 2.75) is 17.7 Å². The second kappa shape index (κ2) is 7.63. The molecule has 2 heterocycles. The maximum Gasteiger partial charge on any atom is 0.241 e. The van der Waals surface area contributed by atoms with Crippen LogP contribution in [0, 0.1) is 5.92 Å². The molecule has 1 N–H and O–H groups in total. The molecule has 0 radical (unpaired) electrons. The largest absolute Gasteiger partial charge is 0.357 e. The molecule has 0 saturated carbocycles. The molecule has 5 nitrogen and oxygen atoms in total. The second-order valence-electron chi connectivity index (χ2n) is 5.90. The Hall–Kier alpha value is -1.44. The summed E-state index contributed by atoms with van der Waals surface area (Å²) in [5.41, 5.74) is 0. The first-order valence-corrected chi connectivity index (χ1v) is 10.2.